The molecule has 130 valence electrons. The van der Waals surface area contributed by atoms with Gasteiger partial charge in [-0.25, -0.2) is 0 Å². The predicted octanol–water partition coefficient (Wildman–Crippen LogP) is 3.31. The van der Waals surface area contributed by atoms with Crippen LogP contribution in [-0.2, 0) is 9.53 Å². The molecule has 0 spiro atoms. The van der Waals surface area contributed by atoms with E-state index in [4.69, 9.17) is 16.3 Å². The average Bonchev–Trinajstić information content (AvgIpc) is 2.62. The molecule has 1 N–H and O–H groups in total. The van der Waals surface area contributed by atoms with Crippen molar-refractivity contribution in [3.05, 3.63) is 58.6 Å². The molecule has 0 radical (unpaired) electrons. The van der Waals surface area contributed by atoms with Gasteiger partial charge in [0.05, 0.1) is 24.6 Å². The molecule has 0 unspecified atom stereocenters. The van der Waals surface area contributed by atoms with Crippen LogP contribution in [0.2, 0.25) is 5.02 Å². The molecule has 1 aliphatic heterocycles. The van der Waals surface area contributed by atoms with Gasteiger partial charge in [0.2, 0.25) is 0 Å². The fourth-order valence-electron chi connectivity index (χ4n) is 2.70. The zero-order chi connectivity index (χ0) is 17.8. The Kier molecular flexibility index (Phi) is 5.36. The van der Waals surface area contributed by atoms with Crippen molar-refractivity contribution >= 4 is 34.7 Å². The fraction of sp³-hybridized carbons (Fsp3) is 0.263. The fourth-order valence-corrected chi connectivity index (χ4v) is 2.88. The maximum Gasteiger partial charge on any atom is 0.296 e. The van der Waals surface area contributed by atoms with E-state index < -0.39 is 11.7 Å². The zero-order valence-corrected chi connectivity index (χ0v) is 14.7. The molecule has 0 aromatic heterocycles. The molecule has 25 heavy (non-hydrogen) atoms. The number of hydrogen-bond donors (Lipinski definition) is 1. The summed E-state index contributed by atoms with van der Waals surface area (Å²) in [7, 11) is 0. The van der Waals surface area contributed by atoms with Crippen molar-refractivity contribution in [2.75, 3.05) is 36.5 Å². The van der Waals surface area contributed by atoms with Crippen molar-refractivity contribution in [2.24, 2.45) is 0 Å². The molecule has 5 nitrogen and oxygen atoms in total. The average molecular weight is 359 g/mol. The van der Waals surface area contributed by atoms with Gasteiger partial charge in [0.1, 0.15) is 0 Å². The van der Waals surface area contributed by atoms with Crippen molar-refractivity contribution in [3.63, 3.8) is 0 Å². The van der Waals surface area contributed by atoms with E-state index in [9.17, 15) is 9.59 Å². The monoisotopic (exact) mass is 358 g/mol. The predicted molar refractivity (Wildman–Crippen MR) is 98.6 cm³/mol. The highest BCUT2D eigenvalue weighted by Gasteiger charge is 2.20. The van der Waals surface area contributed by atoms with Gasteiger partial charge < -0.3 is 15.0 Å². The third-order valence-electron chi connectivity index (χ3n) is 4.08. The lowest BCUT2D eigenvalue weighted by atomic mass is 10.1. The molecule has 3 rings (SSSR count). The van der Waals surface area contributed by atoms with E-state index in [1.807, 2.05) is 13.0 Å². The summed E-state index contributed by atoms with van der Waals surface area (Å²) >= 11 is 6.07. The Balaban J connectivity index is 1.81. The first-order valence-corrected chi connectivity index (χ1v) is 8.47. The van der Waals surface area contributed by atoms with E-state index in [-0.39, 0.29) is 0 Å². The molecule has 1 fully saturated rings. The minimum absolute atomic E-state index is 0.359. The molecule has 0 atom stereocenters. The van der Waals surface area contributed by atoms with Crippen molar-refractivity contribution in [1.29, 1.82) is 0 Å². The van der Waals surface area contributed by atoms with Crippen LogP contribution in [0, 0.1) is 6.92 Å². The first kappa shape index (κ1) is 17.5. The summed E-state index contributed by atoms with van der Waals surface area (Å²) in [4.78, 5) is 26.9. The summed E-state index contributed by atoms with van der Waals surface area (Å²) in [6.07, 6.45) is 0. The smallest absolute Gasteiger partial charge is 0.296 e. The number of aryl methyl sites for hydroxylation is 1. The standard InChI is InChI=1S/C19H19ClN2O3/c1-13-2-4-14(5-3-13)18(23)19(24)21-16-12-15(20)6-7-17(16)22-8-10-25-11-9-22/h2-7,12H,8-11H2,1H3,(H,21,24). The molecule has 1 saturated heterocycles. The molecule has 2 aromatic rings. The molecule has 1 amide bonds. The number of nitrogens with zero attached hydrogens (tertiary/aromatic N) is 1. The van der Waals surface area contributed by atoms with Gasteiger partial charge in [-0.1, -0.05) is 41.4 Å². The van der Waals surface area contributed by atoms with E-state index >= 15 is 0 Å². The van der Waals surface area contributed by atoms with E-state index in [0.29, 0.717) is 29.5 Å². The number of rotatable bonds is 4. The lowest BCUT2D eigenvalue weighted by Crippen LogP contribution is -2.37. The lowest BCUT2D eigenvalue weighted by molar-refractivity contribution is -0.112. The minimum atomic E-state index is -0.680. The van der Waals surface area contributed by atoms with Crippen molar-refractivity contribution in [1.82, 2.24) is 0 Å². The summed E-state index contributed by atoms with van der Waals surface area (Å²) in [6, 6.07) is 12.2. The van der Waals surface area contributed by atoms with E-state index in [1.165, 1.54) is 0 Å². The van der Waals surface area contributed by atoms with Crippen LogP contribution in [0.3, 0.4) is 0 Å². The Morgan fingerprint density at radius 3 is 2.44 bits per heavy atom. The molecule has 2 aromatic carbocycles. The third-order valence-corrected chi connectivity index (χ3v) is 4.31. The second-order valence-corrected chi connectivity index (χ2v) is 6.35. The van der Waals surface area contributed by atoms with Gasteiger partial charge in [-0.05, 0) is 25.1 Å². The van der Waals surface area contributed by atoms with Crippen LogP contribution in [0.5, 0.6) is 0 Å². The van der Waals surface area contributed by atoms with Gasteiger partial charge in [-0.3, -0.25) is 9.59 Å². The number of halogens is 1. The number of nitrogens with one attached hydrogen (secondary N) is 1. The molecule has 6 heteroatoms. The van der Waals surface area contributed by atoms with Gasteiger partial charge in [-0.15, -0.1) is 0 Å². The maximum atomic E-state index is 12.4. The van der Waals surface area contributed by atoms with E-state index in [0.717, 1.165) is 24.3 Å². The first-order chi connectivity index (χ1) is 12.0. The number of Topliss-reactive ketones (excluding diaryl/α,β-unsaturated/α-hetero) is 1. The summed E-state index contributed by atoms with van der Waals surface area (Å²) < 4.78 is 5.36. The molecule has 1 aliphatic rings. The highest BCUT2D eigenvalue weighted by Crippen LogP contribution is 2.30. The lowest BCUT2D eigenvalue weighted by Gasteiger charge is -2.30. The highest BCUT2D eigenvalue weighted by molar-refractivity contribution is 6.46. The van der Waals surface area contributed by atoms with Gasteiger partial charge in [0.25, 0.3) is 11.7 Å². The Labute approximate surface area is 151 Å². The van der Waals surface area contributed by atoms with Crippen LogP contribution in [-0.4, -0.2) is 38.0 Å². The number of hydrogen-bond acceptors (Lipinski definition) is 4. The quantitative estimate of drug-likeness (QED) is 0.673. The molecule has 0 aliphatic carbocycles. The van der Waals surface area contributed by atoms with Gasteiger partial charge in [0.15, 0.2) is 0 Å². The first-order valence-electron chi connectivity index (χ1n) is 8.09. The van der Waals surface area contributed by atoms with Crippen LogP contribution in [0.25, 0.3) is 0 Å². The molecular weight excluding hydrogens is 340 g/mol. The number of benzene rings is 2. The van der Waals surface area contributed by atoms with Crippen LogP contribution in [0.1, 0.15) is 15.9 Å². The normalized spacial score (nSPS) is 14.2. The minimum Gasteiger partial charge on any atom is -0.378 e. The van der Waals surface area contributed by atoms with E-state index in [1.54, 1.807) is 36.4 Å². The molecule has 1 heterocycles. The summed E-state index contributed by atoms with van der Waals surface area (Å²) in [5, 5.41) is 3.20. The van der Waals surface area contributed by atoms with Crippen LogP contribution in [0.15, 0.2) is 42.5 Å². The van der Waals surface area contributed by atoms with Crippen LogP contribution in [0.4, 0.5) is 11.4 Å². The Bertz CT molecular complexity index is 784. The molecule has 0 bridgehead atoms. The maximum absolute atomic E-state index is 12.4. The zero-order valence-electron chi connectivity index (χ0n) is 13.9. The highest BCUT2D eigenvalue weighted by atomic mass is 35.5. The van der Waals surface area contributed by atoms with Crippen molar-refractivity contribution in [2.45, 2.75) is 6.92 Å². The summed E-state index contributed by atoms with van der Waals surface area (Å²) in [5.41, 5.74) is 2.75. The SMILES string of the molecule is Cc1ccc(C(=O)C(=O)Nc2cc(Cl)ccc2N2CCOCC2)cc1. The Morgan fingerprint density at radius 1 is 1.08 bits per heavy atom. The molecular formula is C19H19ClN2O3. The van der Waals surface area contributed by atoms with Gasteiger partial charge in [0, 0.05) is 23.7 Å². The van der Waals surface area contributed by atoms with Gasteiger partial charge >= 0.3 is 0 Å². The van der Waals surface area contributed by atoms with Crippen LogP contribution >= 0.6 is 11.6 Å². The van der Waals surface area contributed by atoms with Crippen molar-refractivity contribution in [3.8, 4) is 0 Å². The number of carbonyl (C=O) groups is 2. The topological polar surface area (TPSA) is 58.6 Å². The van der Waals surface area contributed by atoms with Gasteiger partial charge in [-0.2, -0.15) is 0 Å². The number of ether oxygens (including phenoxy) is 1. The summed E-state index contributed by atoms with van der Waals surface area (Å²) in [6.45, 7) is 4.61. The molecule has 0 saturated carbocycles. The number of ketones is 1. The number of morpholine rings is 1. The summed E-state index contributed by atoms with van der Waals surface area (Å²) in [5.74, 6) is -1.26. The number of amides is 1. The number of anilines is 2. The second kappa shape index (κ2) is 7.68. The third kappa shape index (κ3) is 4.18. The Hall–Kier alpha value is -2.37. The van der Waals surface area contributed by atoms with Crippen molar-refractivity contribution < 1.29 is 14.3 Å². The number of carbonyl (C=O) groups excluding carboxylic acids is 2. The largest absolute Gasteiger partial charge is 0.378 e. The Morgan fingerprint density at radius 2 is 1.76 bits per heavy atom. The van der Waals surface area contributed by atoms with E-state index in [2.05, 4.69) is 10.2 Å². The van der Waals surface area contributed by atoms with Crippen LogP contribution < -0.4 is 10.2 Å². The second-order valence-electron chi connectivity index (χ2n) is 5.91.